The van der Waals surface area contributed by atoms with Crippen LogP contribution in [0.4, 0.5) is 0 Å². The first-order valence-corrected chi connectivity index (χ1v) is 6.27. The highest BCUT2D eigenvalue weighted by Gasteiger charge is 2.30. The number of morpholine rings is 1. The molecule has 102 valence electrons. The number of ether oxygens (including phenoxy) is 1. The molecule has 1 aromatic carbocycles. The summed E-state index contributed by atoms with van der Waals surface area (Å²) >= 11 is 0. The lowest BCUT2D eigenvalue weighted by Gasteiger charge is -2.34. The smallest absolute Gasteiger partial charge is 0.315 e. The number of carbonyl (C=O) groups is 2. The molecule has 0 radical (unpaired) electrons. The lowest BCUT2D eigenvalue weighted by molar-refractivity contribution is -0.154. The van der Waals surface area contributed by atoms with Crippen LogP contribution in [0.5, 0.6) is 0 Å². The Bertz CT molecular complexity index is 460. The summed E-state index contributed by atoms with van der Waals surface area (Å²) in [6.45, 7) is 2.69. The molecule has 2 unspecified atom stereocenters. The van der Waals surface area contributed by atoms with E-state index in [4.69, 9.17) is 9.84 Å². The van der Waals surface area contributed by atoms with Crippen LogP contribution in [0.3, 0.4) is 0 Å². The van der Waals surface area contributed by atoms with E-state index in [1.54, 1.807) is 4.90 Å². The minimum Gasteiger partial charge on any atom is -0.481 e. The van der Waals surface area contributed by atoms with Gasteiger partial charge in [0.25, 0.3) is 0 Å². The average molecular weight is 263 g/mol. The molecule has 1 aromatic rings. The molecule has 1 saturated heterocycles. The number of carboxylic acid groups (broad SMARTS) is 1. The number of nitrogens with zero attached hydrogens (tertiary/aromatic N) is 1. The van der Waals surface area contributed by atoms with Crippen LogP contribution in [0, 0.1) is 5.92 Å². The van der Waals surface area contributed by atoms with E-state index in [0.717, 1.165) is 5.56 Å². The summed E-state index contributed by atoms with van der Waals surface area (Å²) in [6.07, 6.45) is -0.181. The lowest BCUT2D eigenvalue weighted by atomic mass is 10.1. The van der Waals surface area contributed by atoms with E-state index in [-0.39, 0.29) is 12.0 Å². The summed E-state index contributed by atoms with van der Waals surface area (Å²) in [5, 5.41) is 8.89. The third kappa shape index (κ3) is 3.12. The third-order valence-electron chi connectivity index (χ3n) is 3.29. The van der Waals surface area contributed by atoms with Crippen molar-refractivity contribution in [2.45, 2.75) is 13.0 Å². The number of hydrogen-bond acceptors (Lipinski definition) is 3. The van der Waals surface area contributed by atoms with E-state index in [9.17, 15) is 9.59 Å². The van der Waals surface area contributed by atoms with Gasteiger partial charge in [-0.2, -0.15) is 0 Å². The summed E-state index contributed by atoms with van der Waals surface area (Å²) in [4.78, 5) is 24.4. The fraction of sp³-hybridized carbons (Fsp3) is 0.429. The molecule has 1 aliphatic rings. The van der Waals surface area contributed by atoms with Crippen molar-refractivity contribution in [1.82, 2.24) is 4.90 Å². The zero-order valence-electron chi connectivity index (χ0n) is 10.8. The van der Waals surface area contributed by atoms with Crippen LogP contribution in [-0.4, -0.2) is 41.6 Å². The molecule has 0 spiro atoms. The number of aliphatic carboxylic acids is 1. The molecule has 0 aromatic heterocycles. The van der Waals surface area contributed by atoms with Crippen molar-refractivity contribution in [1.29, 1.82) is 0 Å². The monoisotopic (exact) mass is 263 g/mol. The molecule has 19 heavy (non-hydrogen) atoms. The average Bonchev–Trinajstić information content (AvgIpc) is 2.46. The molecule has 1 heterocycles. The van der Waals surface area contributed by atoms with Crippen molar-refractivity contribution in [2.75, 3.05) is 19.7 Å². The summed E-state index contributed by atoms with van der Waals surface area (Å²) in [7, 11) is 0. The van der Waals surface area contributed by atoms with Gasteiger partial charge in [-0.1, -0.05) is 30.3 Å². The van der Waals surface area contributed by atoms with E-state index in [1.807, 2.05) is 30.3 Å². The number of hydrogen-bond donors (Lipinski definition) is 1. The molecule has 2 atom stereocenters. The van der Waals surface area contributed by atoms with Gasteiger partial charge in [-0.25, -0.2) is 0 Å². The Balaban J connectivity index is 2.05. The predicted molar refractivity (Wildman–Crippen MR) is 68.5 cm³/mol. The van der Waals surface area contributed by atoms with Gasteiger partial charge in [-0.3, -0.25) is 9.59 Å². The molecule has 5 nitrogen and oxygen atoms in total. The normalized spacial score (nSPS) is 20.9. The second-order valence-corrected chi connectivity index (χ2v) is 4.61. The molecular weight excluding hydrogens is 246 g/mol. The number of benzene rings is 1. The zero-order valence-corrected chi connectivity index (χ0v) is 10.8. The van der Waals surface area contributed by atoms with Gasteiger partial charge in [-0.05, 0) is 12.5 Å². The highest BCUT2D eigenvalue weighted by Crippen LogP contribution is 2.22. The second kappa shape index (κ2) is 5.84. The molecule has 1 amide bonds. The van der Waals surface area contributed by atoms with E-state index in [2.05, 4.69) is 0 Å². The molecule has 0 saturated carbocycles. The van der Waals surface area contributed by atoms with Gasteiger partial charge >= 0.3 is 5.97 Å². The van der Waals surface area contributed by atoms with Gasteiger partial charge in [0, 0.05) is 6.54 Å². The van der Waals surface area contributed by atoms with E-state index >= 15 is 0 Å². The Kier molecular flexibility index (Phi) is 4.16. The largest absolute Gasteiger partial charge is 0.481 e. The topological polar surface area (TPSA) is 66.8 Å². The Morgan fingerprint density at radius 1 is 1.37 bits per heavy atom. The molecule has 5 heteroatoms. The fourth-order valence-corrected chi connectivity index (χ4v) is 2.10. The Morgan fingerprint density at radius 2 is 2.05 bits per heavy atom. The fourth-order valence-electron chi connectivity index (χ4n) is 2.10. The summed E-state index contributed by atoms with van der Waals surface area (Å²) < 4.78 is 5.64. The van der Waals surface area contributed by atoms with Crippen LogP contribution in [-0.2, 0) is 14.3 Å². The van der Waals surface area contributed by atoms with Crippen LogP contribution in [0.25, 0.3) is 0 Å². The van der Waals surface area contributed by atoms with Gasteiger partial charge in [0.05, 0.1) is 13.2 Å². The summed E-state index contributed by atoms with van der Waals surface area (Å²) in [5.41, 5.74) is 1.00. The summed E-state index contributed by atoms with van der Waals surface area (Å²) in [5.74, 6) is -2.45. The first-order valence-electron chi connectivity index (χ1n) is 6.27. The molecule has 0 aliphatic carbocycles. The van der Waals surface area contributed by atoms with Crippen LogP contribution < -0.4 is 0 Å². The number of carboxylic acids is 1. The van der Waals surface area contributed by atoms with E-state index < -0.39 is 11.9 Å². The van der Waals surface area contributed by atoms with Crippen molar-refractivity contribution in [3.8, 4) is 0 Å². The molecule has 2 rings (SSSR count). The van der Waals surface area contributed by atoms with Crippen LogP contribution in [0.1, 0.15) is 18.6 Å². The zero-order chi connectivity index (χ0) is 13.8. The van der Waals surface area contributed by atoms with Gasteiger partial charge < -0.3 is 14.7 Å². The molecule has 1 N–H and O–H groups in total. The quantitative estimate of drug-likeness (QED) is 0.835. The van der Waals surface area contributed by atoms with Crippen LogP contribution in [0.2, 0.25) is 0 Å². The van der Waals surface area contributed by atoms with Crippen molar-refractivity contribution in [3.63, 3.8) is 0 Å². The molecular formula is C14H17NO4. The molecule has 1 fully saturated rings. The first-order chi connectivity index (χ1) is 9.09. The van der Waals surface area contributed by atoms with E-state index in [0.29, 0.717) is 19.7 Å². The van der Waals surface area contributed by atoms with Crippen LogP contribution in [0.15, 0.2) is 30.3 Å². The number of carbonyl (C=O) groups excluding carboxylic acids is 1. The molecule has 1 aliphatic heterocycles. The van der Waals surface area contributed by atoms with Gasteiger partial charge in [0.1, 0.15) is 12.0 Å². The van der Waals surface area contributed by atoms with Crippen molar-refractivity contribution >= 4 is 11.9 Å². The lowest BCUT2D eigenvalue weighted by Crippen LogP contribution is -2.45. The van der Waals surface area contributed by atoms with E-state index in [1.165, 1.54) is 6.92 Å². The van der Waals surface area contributed by atoms with Gasteiger partial charge in [0.15, 0.2) is 0 Å². The highest BCUT2D eigenvalue weighted by atomic mass is 16.5. The Labute approximate surface area is 111 Å². The maximum absolute atomic E-state index is 12.0. The number of amides is 1. The standard InChI is InChI=1S/C14H17NO4/c1-10(14(17)18)13(16)15-7-8-19-12(9-15)11-5-3-2-4-6-11/h2-6,10,12H,7-9H2,1H3,(H,17,18). The second-order valence-electron chi connectivity index (χ2n) is 4.61. The van der Waals surface area contributed by atoms with Crippen molar-refractivity contribution in [3.05, 3.63) is 35.9 Å². The maximum atomic E-state index is 12.0. The first kappa shape index (κ1) is 13.5. The van der Waals surface area contributed by atoms with Crippen molar-refractivity contribution < 1.29 is 19.4 Å². The van der Waals surface area contributed by atoms with Crippen LogP contribution >= 0.6 is 0 Å². The summed E-state index contributed by atoms with van der Waals surface area (Å²) in [6, 6.07) is 9.64. The molecule has 0 bridgehead atoms. The van der Waals surface area contributed by atoms with Gasteiger partial charge in [-0.15, -0.1) is 0 Å². The third-order valence-corrected chi connectivity index (χ3v) is 3.29. The van der Waals surface area contributed by atoms with Crippen molar-refractivity contribution in [2.24, 2.45) is 5.92 Å². The SMILES string of the molecule is CC(C(=O)O)C(=O)N1CCOC(c2ccccc2)C1. The Hall–Kier alpha value is -1.88. The minimum absolute atomic E-state index is 0.181. The number of rotatable bonds is 3. The van der Waals surface area contributed by atoms with Gasteiger partial charge in [0.2, 0.25) is 5.91 Å². The maximum Gasteiger partial charge on any atom is 0.315 e. The Morgan fingerprint density at radius 3 is 2.68 bits per heavy atom. The predicted octanol–water partition coefficient (Wildman–Crippen LogP) is 1.31. The highest BCUT2D eigenvalue weighted by molar-refractivity contribution is 5.96. The minimum atomic E-state index is -1.09.